The minimum atomic E-state index is -3.04. The van der Waals surface area contributed by atoms with Crippen LogP contribution < -0.4 is 10.5 Å². The lowest BCUT2D eigenvalue weighted by molar-refractivity contribution is 0.0492. The molecule has 0 aromatic heterocycles. The maximum atomic E-state index is 10.7. The number of hydrogen-bond acceptors (Lipinski definition) is 5. The van der Waals surface area contributed by atoms with Crippen molar-refractivity contribution in [2.75, 3.05) is 45.8 Å². The standard InChI is InChI=1S/C10H24N2O4S/c1-17(13,14)12-6-3-2-4-7-15-9-10-16-8-5-11/h12H,2-11H2,1H3. The molecule has 104 valence electrons. The number of rotatable bonds is 12. The number of sulfonamides is 1. The number of ether oxygens (including phenoxy) is 2. The Hall–Kier alpha value is -0.210. The van der Waals surface area contributed by atoms with Crippen LogP contribution in [0.3, 0.4) is 0 Å². The summed E-state index contributed by atoms with van der Waals surface area (Å²) in [7, 11) is -3.04. The van der Waals surface area contributed by atoms with Gasteiger partial charge in [0.25, 0.3) is 0 Å². The van der Waals surface area contributed by atoms with Gasteiger partial charge in [0.15, 0.2) is 0 Å². The first kappa shape index (κ1) is 16.8. The predicted molar refractivity (Wildman–Crippen MR) is 67.4 cm³/mol. The lowest BCUT2D eigenvalue weighted by Gasteiger charge is -2.05. The summed E-state index contributed by atoms with van der Waals surface area (Å²) in [4.78, 5) is 0. The number of unbranched alkanes of at least 4 members (excludes halogenated alkanes) is 2. The van der Waals surface area contributed by atoms with Crippen molar-refractivity contribution in [1.82, 2.24) is 4.72 Å². The molecule has 0 aromatic carbocycles. The summed E-state index contributed by atoms with van der Waals surface area (Å²) < 4.78 is 34.4. The van der Waals surface area contributed by atoms with Crippen molar-refractivity contribution in [2.45, 2.75) is 19.3 Å². The van der Waals surface area contributed by atoms with Gasteiger partial charge in [0.1, 0.15) is 0 Å². The van der Waals surface area contributed by atoms with Gasteiger partial charge >= 0.3 is 0 Å². The van der Waals surface area contributed by atoms with E-state index < -0.39 is 10.0 Å². The molecule has 0 atom stereocenters. The van der Waals surface area contributed by atoms with Crippen LogP contribution in [-0.2, 0) is 19.5 Å². The van der Waals surface area contributed by atoms with E-state index in [-0.39, 0.29) is 0 Å². The normalized spacial score (nSPS) is 11.9. The van der Waals surface area contributed by atoms with Gasteiger partial charge < -0.3 is 15.2 Å². The second-order valence-corrected chi connectivity index (χ2v) is 5.57. The minimum absolute atomic E-state index is 0.498. The van der Waals surface area contributed by atoms with Crippen molar-refractivity contribution in [3.8, 4) is 0 Å². The van der Waals surface area contributed by atoms with E-state index in [0.29, 0.717) is 39.5 Å². The fraction of sp³-hybridized carbons (Fsp3) is 1.00. The van der Waals surface area contributed by atoms with Crippen LogP contribution in [0.5, 0.6) is 0 Å². The van der Waals surface area contributed by atoms with Gasteiger partial charge in [-0.15, -0.1) is 0 Å². The van der Waals surface area contributed by atoms with Crippen LogP contribution in [0.2, 0.25) is 0 Å². The van der Waals surface area contributed by atoms with Crippen LogP contribution in [0.15, 0.2) is 0 Å². The molecule has 0 unspecified atom stereocenters. The Balaban J connectivity index is 3.04. The lowest BCUT2D eigenvalue weighted by atomic mass is 10.2. The van der Waals surface area contributed by atoms with Crippen molar-refractivity contribution in [1.29, 1.82) is 0 Å². The average molecular weight is 268 g/mol. The third-order valence-corrected chi connectivity index (χ3v) is 2.69. The first-order valence-electron chi connectivity index (χ1n) is 5.86. The molecular weight excluding hydrogens is 244 g/mol. The Morgan fingerprint density at radius 1 is 1.00 bits per heavy atom. The van der Waals surface area contributed by atoms with Crippen LogP contribution in [0.1, 0.15) is 19.3 Å². The molecule has 0 radical (unpaired) electrons. The van der Waals surface area contributed by atoms with E-state index in [9.17, 15) is 8.42 Å². The molecule has 0 fully saturated rings. The lowest BCUT2D eigenvalue weighted by Crippen LogP contribution is -2.22. The Morgan fingerprint density at radius 3 is 2.24 bits per heavy atom. The number of nitrogens with two attached hydrogens (primary N) is 1. The SMILES string of the molecule is CS(=O)(=O)NCCCCCOCCOCCN. The molecule has 0 heterocycles. The number of nitrogens with one attached hydrogen (secondary N) is 1. The number of hydrogen-bond donors (Lipinski definition) is 2. The molecule has 0 aliphatic rings. The molecule has 0 spiro atoms. The molecule has 7 heteroatoms. The molecule has 0 aromatic rings. The van der Waals surface area contributed by atoms with E-state index in [0.717, 1.165) is 25.5 Å². The van der Waals surface area contributed by atoms with Gasteiger partial charge in [-0.05, 0) is 19.3 Å². The summed E-state index contributed by atoms with van der Waals surface area (Å²) in [5.41, 5.74) is 5.25. The zero-order chi connectivity index (χ0) is 13.0. The second kappa shape index (κ2) is 10.9. The Labute approximate surface area is 104 Å². The van der Waals surface area contributed by atoms with Crippen molar-refractivity contribution < 1.29 is 17.9 Å². The molecular formula is C10H24N2O4S. The Bertz CT molecular complexity index is 257. The second-order valence-electron chi connectivity index (χ2n) is 3.74. The smallest absolute Gasteiger partial charge is 0.208 e. The summed E-state index contributed by atoms with van der Waals surface area (Å²) >= 11 is 0. The molecule has 17 heavy (non-hydrogen) atoms. The molecule has 6 nitrogen and oxygen atoms in total. The predicted octanol–water partition coefficient (Wildman–Crippen LogP) is -0.302. The van der Waals surface area contributed by atoms with Gasteiger partial charge in [-0.25, -0.2) is 13.1 Å². The fourth-order valence-electron chi connectivity index (χ4n) is 1.17. The summed E-state index contributed by atoms with van der Waals surface area (Å²) in [6.45, 7) is 3.45. The molecule has 0 aliphatic carbocycles. The highest BCUT2D eigenvalue weighted by Gasteiger charge is 1.98. The minimum Gasteiger partial charge on any atom is -0.379 e. The van der Waals surface area contributed by atoms with Crippen LogP contribution in [0.25, 0.3) is 0 Å². The maximum absolute atomic E-state index is 10.7. The van der Waals surface area contributed by atoms with Gasteiger partial charge in [0.2, 0.25) is 10.0 Å². The van der Waals surface area contributed by atoms with Gasteiger partial charge in [0.05, 0.1) is 26.1 Å². The summed E-state index contributed by atoms with van der Waals surface area (Å²) in [5.74, 6) is 0. The zero-order valence-electron chi connectivity index (χ0n) is 10.5. The summed E-state index contributed by atoms with van der Waals surface area (Å²) in [6.07, 6.45) is 3.88. The van der Waals surface area contributed by atoms with E-state index >= 15 is 0 Å². The molecule has 3 N–H and O–H groups in total. The van der Waals surface area contributed by atoms with Gasteiger partial charge in [-0.2, -0.15) is 0 Å². The van der Waals surface area contributed by atoms with E-state index in [1.165, 1.54) is 0 Å². The van der Waals surface area contributed by atoms with Crippen molar-refractivity contribution in [3.05, 3.63) is 0 Å². The van der Waals surface area contributed by atoms with E-state index in [2.05, 4.69) is 4.72 Å². The van der Waals surface area contributed by atoms with Gasteiger partial charge in [-0.1, -0.05) is 0 Å². The van der Waals surface area contributed by atoms with Crippen LogP contribution in [0.4, 0.5) is 0 Å². The van der Waals surface area contributed by atoms with Crippen molar-refractivity contribution >= 4 is 10.0 Å². The molecule has 0 rings (SSSR count). The van der Waals surface area contributed by atoms with Crippen LogP contribution in [0, 0.1) is 0 Å². The summed E-state index contributed by atoms with van der Waals surface area (Å²) in [5, 5.41) is 0. The van der Waals surface area contributed by atoms with E-state index in [4.69, 9.17) is 15.2 Å². The van der Waals surface area contributed by atoms with E-state index in [1.54, 1.807) is 0 Å². The first-order chi connectivity index (χ1) is 8.06. The topological polar surface area (TPSA) is 90.7 Å². The molecule has 0 amide bonds. The molecule has 0 saturated carbocycles. The molecule has 0 bridgehead atoms. The van der Waals surface area contributed by atoms with Crippen LogP contribution in [-0.4, -0.2) is 54.2 Å². The van der Waals surface area contributed by atoms with Crippen molar-refractivity contribution in [3.63, 3.8) is 0 Å². The van der Waals surface area contributed by atoms with Crippen LogP contribution >= 0.6 is 0 Å². The Kier molecular flexibility index (Phi) is 10.8. The zero-order valence-corrected chi connectivity index (χ0v) is 11.3. The summed E-state index contributed by atoms with van der Waals surface area (Å²) in [6, 6.07) is 0. The Morgan fingerprint density at radius 2 is 1.65 bits per heavy atom. The fourth-order valence-corrected chi connectivity index (χ4v) is 1.68. The monoisotopic (exact) mass is 268 g/mol. The third-order valence-electron chi connectivity index (χ3n) is 1.96. The highest BCUT2D eigenvalue weighted by atomic mass is 32.2. The highest BCUT2D eigenvalue weighted by molar-refractivity contribution is 7.88. The first-order valence-corrected chi connectivity index (χ1v) is 7.75. The van der Waals surface area contributed by atoms with E-state index in [1.807, 2.05) is 0 Å². The van der Waals surface area contributed by atoms with Gasteiger partial charge in [-0.3, -0.25) is 0 Å². The average Bonchev–Trinajstić information content (AvgIpc) is 2.24. The molecule has 0 aliphatic heterocycles. The quantitative estimate of drug-likeness (QED) is 0.474. The van der Waals surface area contributed by atoms with Crippen molar-refractivity contribution in [2.24, 2.45) is 5.73 Å². The third kappa shape index (κ3) is 15.8. The largest absolute Gasteiger partial charge is 0.379 e. The van der Waals surface area contributed by atoms with Gasteiger partial charge in [0, 0.05) is 19.7 Å². The maximum Gasteiger partial charge on any atom is 0.208 e. The highest BCUT2D eigenvalue weighted by Crippen LogP contribution is 1.95. The molecule has 0 saturated heterocycles.